The summed E-state index contributed by atoms with van der Waals surface area (Å²) in [5, 5.41) is 0. The maximum absolute atomic E-state index is 12.7. The van der Waals surface area contributed by atoms with Crippen LogP contribution < -0.4 is 4.89 Å². The predicted molar refractivity (Wildman–Crippen MR) is 240 cm³/mol. The summed E-state index contributed by atoms with van der Waals surface area (Å²) in [5.74, 6) is -0.381. The lowest BCUT2D eigenvalue weighted by atomic mass is 10.1. The van der Waals surface area contributed by atoms with Crippen LogP contribution >= 0.6 is 7.82 Å². The second kappa shape index (κ2) is 40.5. The van der Waals surface area contributed by atoms with Crippen LogP contribution in [0.15, 0.2) is 85.1 Å². The first kappa shape index (κ1) is 54.7. The van der Waals surface area contributed by atoms with Crippen LogP contribution in [0.3, 0.4) is 0 Å². The van der Waals surface area contributed by atoms with E-state index in [9.17, 15) is 14.3 Å². The normalized spacial score (nSPS) is 14.6. The first-order chi connectivity index (χ1) is 27.6. The van der Waals surface area contributed by atoms with E-state index in [1.54, 1.807) is 0 Å². The fourth-order valence-corrected chi connectivity index (χ4v) is 6.21. The first-order valence-electron chi connectivity index (χ1n) is 22.3. The molecule has 0 spiro atoms. The molecule has 0 rings (SSSR count). The molecule has 0 aromatic carbocycles. The molecular formula is C48H84NO7P. The quantitative estimate of drug-likeness (QED) is 0.0200. The fraction of sp³-hybridized carbons (Fsp3) is 0.688. The van der Waals surface area contributed by atoms with Crippen molar-refractivity contribution in [1.82, 2.24) is 0 Å². The molecule has 0 saturated carbocycles. The summed E-state index contributed by atoms with van der Waals surface area (Å²) in [6.07, 6.45) is 53.1. The molecule has 0 radical (unpaired) electrons. The molecule has 0 saturated heterocycles. The highest BCUT2D eigenvalue weighted by molar-refractivity contribution is 7.45. The Morgan fingerprint density at radius 3 is 1.54 bits per heavy atom. The van der Waals surface area contributed by atoms with Gasteiger partial charge in [0.1, 0.15) is 19.3 Å². The number of nitrogens with zero attached hydrogens (tertiary/aromatic N) is 1. The second-order valence-corrected chi connectivity index (χ2v) is 17.1. The summed E-state index contributed by atoms with van der Waals surface area (Å²) in [6.45, 7) is 5.18. The van der Waals surface area contributed by atoms with Crippen LogP contribution in [0, 0.1) is 0 Å². The van der Waals surface area contributed by atoms with Gasteiger partial charge in [-0.05, 0) is 89.9 Å². The number of hydrogen-bond acceptors (Lipinski definition) is 7. The lowest BCUT2D eigenvalue weighted by molar-refractivity contribution is -0.870. The first-order valence-corrected chi connectivity index (χ1v) is 23.8. The molecule has 2 atom stereocenters. The van der Waals surface area contributed by atoms with E-state index in [-0.39, 0.29) is 32.2 Å². The van der Waals surface area contributed by atoms with Crippen LogP contribution in [0.1, 0.15) is 155 Å². The molecule has 0 aliphatic heterocycles. The van der Waals surface area contributed by atoms with Gasteiger partial charge in [-0.2, -0.15) is 0 Å². The molecule has 9 heteroatoms. The SMILES string of the molecule is CC/C=C\C/C=C\C/C=C\C/C=C\C/C=C\C/C=C\CCCCC(=O)OC(COCCCCCCCC/C=C\CCCCCC)COP(=O)([O-])OCC[N+](C)(C)C. The molecule has 0 heterocycles. The van der Waals surface area contributed by atoms with Crippen LogP contribution in [-0.2, 0) is 27.9 Å². The lowest BCUT2D eigenvalue weighted by Crippen LogP contribution is -2.37. The lowest BCUT2D eigenvalue weighted by Gasteiger charge is -2.28. The van der Waals surface area contributed by atoms with E-state index in [0.717, 1.165) is 70.6 Å². The third-order valence-corrected chi connectivity index (χ3v) is 9.89. The van der Waals surface area contributed by atoms with Crippen molar-refractivity contribution in [2.75, 3.05) is 54.1 Å². The number of quaternary nitrogens is 1. The summed E-state index contributed by atoms with van der Waals surface area (Å²) < 4.78 is 34.5. The summed E-state index contributed by atoms with van der Waals surface area (Å²) >= 11 is 0. The van der Waals surface area contributed by atoms with E-state index in [1.165, 1.54) is 57.8 Å². The van der Waals surface area contributed by atoms with Crippen LogP contribution in [0.5, 0.6) is 0 Å². The van der Waals surface area contributed by atoms with Gasteiger partial charge in [0.2, 0.25) is 0 Å². The van der Waals surface area contributed by atoms with Crippen LogP contribution in [0.25, 0.3) is 0 Å². The second-order valence-electron chi connectivity index (χ2n) is 15.7. The van der Waals surface area contributed by atoms with Crippen LogP contribution in [0.4, 0.5) is 0 Å². The molecule has 2 unspecified atom stereocenters. The molecule has 0 aromatic heterocycles. The topological polar surface area (TPSA) is 94.1 Å². The van der Waals surface area contributed by atoms with Gasteiger partial charge >= 0.3 is 5.97 Å². The standard InChI is InChI=1S/C48H84NO7P/c1-6-8-10-12-14-16-18-20-22-23-24-25-26-27-28-29-31-33-35-37-39-41-48(50)56-47(46-55-57(51,52)54-44-42-49(3,4)5)45-53-43-40-38-36-34-32-30-21-19-17-15-13-11-9-7-2/h8,10,14,16-17,19-20,22,24-25,27-28,31,33,47H,6-7,9,11-13,15,18,21,23,26,29-30,32,34-46H2,1-5H3/b10-8-,16-14-,19-17-,22-20-,25-24-,28-27-,33-31-. The zero-order valence-corrected chi connectivity index (χ0v) is 37.9. The highest BCUT2D eigenvalue weighted by Gasteiger charge is 2.20. The Labute approximate surface area is 350 Å². The van der Waals surface area contributed by atoms with Gasteiger partial charge < -0.3 is 27.9 Å². The van der Waals surface area contributed by atoms with Crippen molar-refractivity contribution in [2.45, 2.75) is 161 Å². The van der Waals surface area contributed by atoms with Gasteiger partial charge in [0.25, 0.3) is 7.82 Å². The van der Waals surface area contributed by atoms with Crippen molar-refractivity contribution < 1.29 is 37.3 Å². The number of allylic oxidation sites excluding steroid dienone is 14. The molecule has 0 aromatic rings. The Morgan fingerprint density at radius 1 is 0.561 bits per heavy atom. The van der Waals surface area contributed by atoms with Crippen LogP contribution in [0.2, 0.25) is 0 Å². The minimum Gasteiger partial charge on any atom is -0.756 e. The van der Waals surface area contributed by atoms with Gasteiger partial charge in [-0.1, -0.05) is 144 Å². The summed E-state index contributed by atoms with van der Waals surface area (Å²) in [7, 11) is 1.31. The fourth-order valence-electron chi connectivity index (χ4n) is 5.48. The maximum atomic E-state index is 12.7. The van der Waals surface area contributed by atoms with E-state index >= 15 is 0 Å². The average Bonchev–Trinajstić information content (AvgIpc) is 3.16. The molecule has 0 bridgehead atoms. The van der Waals surface area contributed by atoms with E-state index in [0.29, 0.717) is 24.1 Å². The van der Waals surface area contributed by atoms with Crippen molar-refractivity contribution in [3.63, 3.8) is 0 Å². The number of unbranched alkanes of at least 4 members (excludes halogenated alkanes) is 12. The molecule has 328 valence electrons. The molecule has 0 fully saturated rings. The van der Waals surface area contributed by atoms with E-state index in [2.05, 4.69) is 98.9 Å². The van der Waals surface area contributed by atoms with Crippen molar-refractivity contribution in [1.29, 1.82) is 0 Å². The van der Waals surface area contributed by atoms with E-state index in [4.69, 9.17) is 18.5 Å². The van der Waals surface area contributed by atoms with Crippen LogP contribution in [-0.4, -0.2) is 70.7 Å². The Kier molecular flexibility index (Phi) is 38.8. The number of carbonyl (C=O) groups is 1. The molecular weight excluding hydrogens is 734 g/mol. The van der Waals surface area contributed by atoms with Crippen molar-refractivity contribution >= 4 is 13.8 Å². The van der Waals surface area contributed by atoms with Gasteiger partial charge in [0.15, 0.2) is 0 Å². The van der Waals surface area contributed by atoms with Crippen molar-refractivity contribution in [3.8, 4) is 0 Å². The average molecular weight is 818 g/mol. The van der Waals surface area contributed by atoms with Crippen molar-refractivity contribution in [2.24, 2.45) is 0 Å². The number of esters is 1. The van der Waals surface area contributed by atoms with Gasteiger partial charge in [0.05, 0.1) is 34.4 Å². The maximum Gasteiger partial charge on any atom is 0.306 e. The number of ether oxygens (including phenoxy) is 2. The Hall–Kier alpha value is -2.32. The third-order valence-electron chi connectivity index (χ3n) is 8.93. The van der Waals surface area contributed by atoms with Gasteiger partial charge in [-0.25, -0.2) is 0 Å². The number of phosphoric ester groups is 1. The Balaban J connectivity index is 4.35. The number of rotatable bonds is 40. The molecule has 0 aliphatic rings. The molecule has 8 nitrogen and oxygen atoms in total. The van der Waals surface area contributed by atoms with Gasteiger partial charge in [0, 0.05) is 13.0 Å². The predicted octanol–water partition coefficient (Wildman–Crippen LogP) is 12.6. The number of carbonyl (C=O) groups excluding carboxylic acids is 1. The van der Waals surface area contributed by atoms with Gasteiger partial charge in [-0.15, -0.1) is 0 Å². The number of phosphoric acid groups is 1. The summed E-state index contributed by atoms with van der Waals surface area (Å²) in [6, 6.07) is 0. The summed E-state index contributed by atoms with van der Waals surface area (Å²) in [4.78, 5) is 25.1. The van der Waals surface area contributed by atoms with Crippen molar-refractivity contribution in [3.05, 3.63) is 85.1 Å². The Morgan fingerprint density at radius 2 is 1.02 bits per heavy atom. The molecule has 0 amide bonds. The molecule has 0 aliphatic carbocycles. The number of hydrogen-bond donors (Lipinski definition) is 0. The molecule has 57 heavy (non-hydrogen) atoms. The zero-order chi connectivity index (χ0) is 42.0. The minimum atomic E-state index is -4.54. The van der Waals surface area contributed by atoms with Gasteiger partial charge in [-0.3, -0.25) is 9.36 Å². The summed E-state index contributed by atoms with van der Waals surface area (Å²) in [5.41, 5.74) is 0. The largest absolute Gasteiger partial charge is 0.756 e. The van der Waals surface area contributed by atoms with E-state index < -0.39 is 13.9 Å². The number of likely N-dealkylation sites (N-methyl/N-ethyl adjacent to an activating group) is 1. The monoisotopic (exact) mass is 818 g/mol. The highest BCUT2D eigenvalue weighted by Crippen LogP contribution is 2.38. The molecule has 0 N–H and O–H groups in total. The highest BCUT2D eigenvalue weighted by atomic mass is 31.2. The Bertz CT molecular complexity index is 1180. The van der Waals surface area contributed by atoms with E-state index in [1.807, 2.05) is 21.1 Å². The smallest absolute Gasteiger partial charge is 0.306 e. The third kappa shape index (κ3) is 44.6. The minimum absolute atomic E-state index is 0.0117. The zero-order valence-electron chi connectivity index (χ0n) is 37.0.